The van der Waals surface area contributed by atoms with E-state index in [1.165, 1.54) is 16.9 Å². The van der Waals surface area contributed by atoms with E-state index in [-0.39, 0.29) is 5.91 Å². The summed E-state index contributed by atoms with van der Waals surface area (Å²) < 4.78 is 0. The van der Waals surface area contributed by atoms with E-state index in [1.54, 1.807) is 11.9 Å². The minimum atomic E-state index is -0.560. The first-order valence-corrected chi connectivity index (χ1v) is 7.05. The number of hydrogen-bond donors (Lipinski definition) is 1. The lowest BCUT2D eigenvalue weighted by atomic mass is 10.1. The lowest BCUT2D eigenvalue weighted by molar-refractivity contribution is -0.131. The molecule has 1 atom stereocenters. The Morgan fingerprint density at radius 2 is 2.00 bits per heavy atom. The lowest BCUT2D eigenvalue weighted by Gasteiger charge is -2.21. The van der Waals surface area contributed by atoms with Crippen molar-refractivity contribution in [1.29, 1.82) is 0 Å². The van der Waals surface area contributed by atoms with Crippen molar-refractivity contribution in [3.8, 4) is 0 Å². The number of carbonyl (C=O) groups excluding carboxylic acids is 1. The molecular weight excluding hydrogens is 256 g/mol. The molecule has 0 spiro atoms. The highest BCUT2D eigenvalue weighted by atomic mass is 32.1. The molecule has 19 heavy (non-hydrogen) atoms. The van der Waals surface area contributed by atoms with Crippen molar-refractivity contribution in [3.05, 3.63) is 57.8 Å². The van der Waals surface area contributed by atoms with Crippen LogP contribution in [0.4, 0.5) is 0 Å². The number of likely N-dealkylation sites (N-methyl/N-ethyl adjacent to an activating group) is 1. The number of nitrogens with two attached hydrogens (primary N) is 1. The van der Waals surface area contributed by atoms with Gasteiger partial charge in [-0.2, -0.15) is 0 Å². The summed E-state index contributed by atoms with van der Waals surface area (Å²) in [5.41, 5.74) is 8.31. The molecule has 0 saturated carbocycles. The van der Waals surface area contributed by atoms with Crippen molar-refractivity contribution in [2.24, 2.45) is 5.73 Å². The summed E-state index contributed by atoms with van der Waals surface area (Å²) in [6.45, 7) is 2.63. The van der Waals surface area contributed by atoms with Gasteiger partial charge in [0.15, 0.2) is 0 Å². The van der Waals surface area contributed by atoms with Gasteiger partial charge < -0.3 is 10.6 Å². The number of nitrogens with zero attached hydrogens (tertiary/aromatic N) is 1. The average molecular weight is 274 g/mol. The van der Waals surface area contributed by atoms with Crippen LogP contribution in [0, 0.1) is 6.92 Å². The van der Waals surface area contributed by atoms with Crippen molar-refractivity contribution in [2.45, 2.75) is 19.5 Å². The molecule has 3 nitrogen and oxygen atoms in total. The van der Waals surface area contributed by atoms with Crippen LogP contribution >= 0.6 is 11.3 Å². The molecule has 0 aliphatic rings. The van der Waals surface area contributed by atoms with Crippen molar-refractivity contribution in [3.63, 3.8) is 0 Å². The van der Waals surface area contributed by atoms with Crippen LogP contribution in [-0.2, 0) is 11.3 Å². The van der Waals surface area contributed by atoms with Crippen LogP contribution in [-0.4, -0.2) is 17.9 Å². The fourth-order valence-electron chi connectivity index (χ4n) is 1.87. The highest BCUT2D eigenvalue weighted by molar-refractivity contribution is 7.10. The third kappa shape index (κ3) is 3.43. The molecule has 2 rings (SSSR count). The largest absolute Gasteiger partial charge is 0.340 e. The van der Waals surface area contributed by atoms with Crippen molar-refractivity contribution >= 4 is 17.2 Å². The summed E-state index contributed by atoms with van der Waals surface area (Å²) in [5, 5.41) is 1.93. The zero-order chi connectivity index (χ0) is 13.8. The number of rotatable bonds is 4. The number of benzene rings is 1. The van der Waals surface area contributed by atoms with Gasteiger partial charge in [0.1, 0.15) is 6.04 Å². The molecule has 2 N–H and O–H groups in total. The topological polar surface area (TPSA) is 46.3 Å². The molecule has 4 heteroatoms. The number of amides is 1. The fourth-order valence-corrected chi connectivity index (χ4v) is 2.59. The SMILES string of the molecule is Cc1ccc(CN(C)C(=O)C(N)c2cccs2)cc1. The third-order valence-electron chi connectivity index (χ3n) is 3.03. The Balaban J connectivity index is 2.01. The van der Waals surface area contributed by atoms with E-state index < -0.39 is 6.04 Å². The maximum atomic E-state index is 12.2. The van der Waals surface area contributed by atoms with Gasteiger partial charge in [-0.25, -0.2) is 0 Å². The summed E-state index contributed by atoms with van der Waals surface area (Å²) in [6.07, 6.45) is 0. The number of thiophene rings is 1. The molecule has 0 fully saturated rings. The van der Waals surface area contributed by atoms with Gasteiger partial charge in [0.05, 0.1) is 0 Å². The van der Waals surface area contributed by atoms with Gasteiger partial charge in [-0.15, -0.1) is 11.3 Å². The Morgan fingerprint density at radius 1 is 1.32 bits per heavy atom. The van der Waals surface area contributed by atoms with Crippen LogP contribution in [0.25, 0.3) is 0 Å². The standard InChI is InChI=1S/C15H18N2OS/c1-11-5-7-12(8-6-11)10-17(2)15(18)14(16)13-4-3-9-19-13/h3-9,14H,10,16H2,1-2H3. The van der Waals surface area contributed by atoms with Crippen LogP contribution in [0.1, 0.15) is 22.0 Å². The molecule has 2 aromatic rings. The maximum Gasteiger partial charge on any atom is 0.244 e. The third-order valence-corrected chi connectivity index (χ3v) is 3.99. The second kappa shape index (κ2) is 5.99. The molecule has 1 aromatic carbocycles. The first-order valence-electron chi connectivity index (χ1n) is 6.17. The predicted molar refractivity (Wildman–Crippen MR) is 78.9 cm³/mol. The van der Waals surface area contributed by atoms with E-state index in [4.69, 9.17) is 5.73 Å². The smallest absolute Gasteiger partial charge is 0.244 e. The zero-order valence-corrected chi connectivity index (χ0v) is 12.0. The van der Waals surface area contributed by atoms with Crippen molar-refractivity contribution in [2.75, 3.05) is 7.05 Å². The van der Waals surface area contributed by atoms with E-state index in [0.29, 0.717) is 6.54 Å². The molecule has 1 amide bonds. The van der Waals surface area contributed by atoms with Crippen LogP contribution in [0.5, 0.6) is 0 Å². The first-order chi connectivity index (χ1) is 9.08. The van der Waals surface area contributed by atoms with Gasteiger partial charge in [0.2, 0.25) is 5.91 Å². The van der Waals surface area contributed by atoms with Crippen LogP contribution in [0.3, 0.4) is 0 Å². The van der Waals surface area contributed by atoms with Crippen molar-refractivity contribution in [1.82, 2.24) is 4.90 Å². The quantitative estimate of drug-likeness (QED) is 0.931. The van der Waals surface area contributed by atoms with Crippen molar-refractivity contribution < 1.29 is 4.79 Å². The van der Waals surface area contributed by atoms with E-state index in [1.807, 2.05) is 48.7 Å². The lowest BCUT2D eigenvalue weighted by Crippen LogP contribution is -2.35. The number of carbonyl (C=O) groups is 1. The summed E-state index contributed by atoms with van der Waals surface area (Å²) >= 11 is 1.51. The molecule has 1 aromatic heterocycles. The summed E-state index contributed by atoms with van der Waals surface area (Å²) in [7, 11) is 1.79. The summed E-state index contributed by atoms with van der Waals surface area (Å²) in [6, 6.07) is 11.4. The Labute approximate surface area is 117 Å². The molecule has 1 heterocycles. The zero-order valence-electron chi connectivity index (χ0n) is 11.2. The molecule has 1 unspecified atom stereocenters. The van der Waals surface area contributed by atoms with E-state index in [2.05, 4.69) is 0 Å². The van der Waals surface area contributed by atoms with Gasteiger partial charge >= 0.3 is 0 Å². The Bertz CT molecular complexity index is 534. The predicted octanol–water partition coefficient (Wildman–Crippen LogP) is 2.71. The van der Waals surface area contributed by atoms with E-state index in [9.17, 15) is 4.79 Å². The van der Waals surface area contributed by atoms with E-state index >= 15 is 0 Å². The molecule has 0 radical (unpaired) electrons. The molecule has 0 aliphatic carbocycles. The minimum absolute atomic E-state index is 0.0528. The summed E-state index contributed by atoms with van der Waals surface area (Å²) in [4.78, 5) is 14.8. The first kappa shape index (κ1) is 13.8. The maximum absolute atomic E-state index is 12.2. The molecule has 0 bridgehead atoms. The second-order valence-electron chi connectivity index (χ2n) is 4.67. The van der Waals surface area contributed by atoms with Gasteiger partial charge in [0.25, 0.3) is 0 Å². The van der Waals surface area contributed by atoms with Crippen LogP contribution in [0.2, 0.25) is 0 Å². The highest BCUT2D eigenvalue weighted by Gasteiger charge is 2.20. The molecule has 100 valence electrons. The normalized spacial score (nSPS) is 12.2. The Kier molecular flexibility index (Phi) is 4.35. The summed E-state index contributed by atoms with van der Waals surface area (Å²) in [5.74, 6) is -0.0528. The van der Waals surface area contributed by atoms with Gasteiger partial charge in [0, 0.05) is 18.5 Å². The molecular formula is C15H18N2OS. The number of aryl methyl sites for hydroxylation is 1. The van der Waals surface area contributed by atoms with Crippen LogP contribution in [0.15, 0.2) is 41.8 Å². The molecule has 0 saturated heterocycles. The Morgan fingerprint density at radius 3 is 2.58 bits per heavy atom. The van der Waals surface area contributed by atoms with Gasteiger partial charge in [-0.1, -0.05) is 35.9 Å². The molecule has 0 aliphatic heterocycles. The minimum Gasteiger partial charge on any atom is -0.340 e. The van der Waals surface area contributed by atoms with Gasteiger partial charge in [-0.05, 0) is 23.9 Å². The second-order valence-corrected chi connectivity index (χ2v) is 5.65. The average Bonchev–Trinajstić information content (AvgIpc) is 2.93. The van der Waals surface area contributed by atoms with E-state index in [0.717, 1.165) is 10.4 Å². The van der Waals surface area contributed by atoms with Crippen LogP contribution < -0.4 is 5.73 Å². The Hall–Kier alpha value is -1.65. The fraction of sp³-hybridized carbons (Fsp3) is 0.267. The van der Waals surface area contributed by atoms with Gasteiger partial charge in [-0.3, -0.25) is 4.79 Å². The highest BCUT2D eigenvalue weighted by Crippen LogP contribution is 2.19. The number of hydrogen-bond acceptors (Lipinski definition) is 3. The monoisotopic (exact) mass is 274 g/mol.